The molecule has 0 radical (unpaired) electrons. The maximum Gasteiger partial charge on any atom is 0.167 e. The van der Waals surface area contributed by atoms with Crippen LogP contribution in [0.3, 0.4) is 0 Å². The minimum absolute atomic E-state index is 0.158. The fourth-order valence-corrected chi connectivity index (χ4v) is 6.36. The number of nitrogens with zero attached hydrogens (tertiary/aromatic N) is 1. The second-order valence-corrected chi connectivity index (χ2v) is 11.6. The Morgan fingerprint density at radius 3 is 2.41 bits per heavy atom. The van der Waals surface area contributed by atoms with Crippen LogP contribution in [0.4, 0.5) is 0 Å². The molecule has 208 valence electrons. The van der Waals surface area contributed by atoms with Gasteiger partial charge in [0.25, 0.3) is 0 Å². The second-order valence-electron chi connectivity index (χ2n) is 11.6. The summed E-state index contributed by atoms with van der Waals surface area (Å²) in [6.07, 6.45) is 10.0. The molecule has 39 heavy (non-hydrogen) atoms. The van der Waals surface area contributed by atoms with E-state index in [-0.39, 0.29) is 11.7 Å². The van der Waals surface area contributed by atoms with Crippen LogP contribution in [0.1, 0.15) is 57.4 Å². The minimum Gasteiger partial charge on any atom is -0.497 e. The molecule has 5 nitrogen and oxygen atoms in total. The van der Waals surface area contributed by atoms with E-state index in [9.17, 15) is 4.79 Å². The molecule has 2 aromatic carbocycles. The van der Waals surface area contributed by atoms with Gasteiger partial charge in [-0.1, -0.05) is 30.9 Å². The molecule has 0 spiro atoms. The van der Waals surface area contributed by atoms with Gasteiger partial charge in [-0.3, -0.25) is 9.69 Å². The van der Waals surface area contributed by atoms with Crippen molar-refractivity contribution in [3.05, 3.63) is 64.0 Å². The van der Waals surface area contributed by atoms with E-state index in [0.717, 1.165) is 89.3 Å². The van der Waals surface area contributed by atoms with E-state index >= 15 is 0 Å². The number of hydrogen-bond acceptors (Lipinski definition) is 5. The molecule has 1 unspecified atom stereocenters. The monoisotopic (exact) mass is 528 g/mol. The molecule has 1 saturated heterocycles. The fourth-order valence-electron chi connectivity index (χ4n) is 6.36. The van der Waals surface area contributed by atoms with Gasteiger partial charge in [-0.05, 0) is 98.9 Å². The summed E-state index contributed by atoms with van der Waals surface area (Å²) >= 11 is 0. The molecule has 1 heterocycles. The van der Waals surface area contributed by atoms with E-state index in [1.807, 2.05) is 26.2 Å². The molecule has 2 saturated carbocycles. The Bertz CT molecular complexity index is 1330. The predicted octanol–water partition coefficient (Wildman–Crippen LogP) is 4.74. The van der Waals surface area contributed by atoms with Gasteiger partial charge in [0.2, 0.25) is 0 Å². The number of nitrogens with one attached hydrogen (secondary N) is 1. The Morgan fingerprint density at radius 1 is 1.00 bits per heavy atom. The van der Waals surface area contributed by atoms with Crippen molar-refractivity contribution in [3.63, 3.8) is 0 Å². The number of benzene rings is 2. The summed E-state index contributed by atoms with van der Waals surface area (Å²) in [5.74, 6) is 1.26. The summed E-state index contributed by atoms with van der Waals surface area (Å²) in [5, 5.41) is 5.84. The molecule has 3 fully saturated rings. The topological polar surface area (TPSA) is 50.8 Å². The summed E-state index contributed by atoms with van der Waals surface area (Å²) in [5.41, 5.74) is 5.11. The highest BCUT2D eigenvalue weighted by Crippen LogP contribution is 2.35. The standard InChI is InChI=1S/C34H44N2O3/c1-6-31(34(37)24-9-10-24)33(35-27-11-13-28(14-12-27)36-16-15-29(21-36)38-4)32-20-25(8-7-23(32)3)26-17-22(2)18-30(19-26)39-5/h6-8,17-20,24,27-29,35H,3,9-16,21H2,1-2,4-5H3/b31-6+,33-32+. The van der Waals surface area contributed by atoms with Gasteiger partial charge < -0.3 is 14.8 Å². The second kappa shape index (κ2) is 12.1. The number of ketones is 1. The van der Waals surface area contributed by atoms with Gasteiger partial charge in [-0.25, -0.2) is 0 Å². The van der Waals surface area contributed by atoms with Crippen molar-refractivity contribution < 1.29 is 14.3 Å². The molecule has 1 aliphatic heterocycles. The number of allylic oxidation sites excluding steroid dienone is 1. The molecule has 1 N–H and O–H groups in total. The average Bonchev–Trinajstić information content (AvgIpc) is 3.70. The van der Waals surface area contributed by atoms with Crippen molar-refractivity contribution in [2.75, 3.05) is 27.3 Å². The first-order valence-electron chi connectivity index (χ1n) is 14.6. The normalized spacial score (nSPS) is 24.9. The molecule has 2 aliphatic carbocycles. The molecule has 0 amide bonds. The van der Waals surface area contributed by atoms with Crippen molar-refractivity contribution >= 4 is 18.1 Å². The van der Waals surface area contributed by atoms with E-state index in [1.165, 1.54) is 12.8 Å². The van der Waals surface area contributed by atoms with Gasteiger partial charge >= 0.3 is 0 Å². The van der Waals surface area contributed by atoms with Gasteiger partial charge in [0, 0.05) is 49.0 Å². The Labute approximate surface area is 233 Å². The van der Waals surface area contributed by atoms with Crippen LogP contribution in [-0.2, 0) is 9.53 Å². The number of carbonyl (C=O) groups excluding carboxylic acids is 1. The van der Waals surface area contributed by atoms with Crippen LogP contribution in [0.25, 0.3) is 23.4 Å². The zero-order valence-corrected chi connectivity index (χ0v) is 24.1. The van der Waals surface area contributed by atoms with Crippen LogP contribution < -0.4 is 20.5 Å². The number of rotatable bonds is 9. The quantitative estimate of drug-likeness (QED) is 0.477. The molecule has 0 bridgehead atoms. The van der Waals surface area contributed by atoms with E-state index in [2.05, 4.69) is 54.1 Å². The number of carbonyl (C=O) groups is 1. The summed E-state index contributed by atoms with van der Waals surface area (Å²) in [4.78, 5) is 16.1. The lowest BCUT2D eigenvalue weighted by molar-refractivity contribution is -0.116. The SMILES string of the molecule is C=c1ccc(-c2cc(C)cc(OC)c2)c/c1=C(NC1CCC(N2CCC(OC)C2)CC1)/C(=C\C)C(=O)C1CC1. The van der Waals surface area contributed by atoms with Gasteiger partial charge in [-0.15, -0.1) is 0 Å². The molecule has 3 aliphatic rings. The third kappa shape index (κ3) is 6.31. The first-order valence-corrected chi connectivity index (χ1v) is 14.6. The lowest BCUT2D eigenvalue weighted by Crippen LogP contribution is -2.44. The largest absolute Gasteiger partial charge is 0.497 e. The number of aryl methyl sites for hydroxylation is 1. The molecular formula is C34H44N2O3. The highest BCUT2D eigenvalue weighted by molar-refractivity contribution is 6.08. The fraction of sp³-hybridized carbons (Fsp3) is 0.500. The number of methoxy groups -OCH3 is 2. The highest BCUT2D eigenvalue weighted by atomic mass is 16.5. The van der Waals surface area contributed by atoms with Crippen LogP contribution in [-0.4, -0.2) is 56.2 Å². The highest BCUT2D eigenvalue weighted by Gasteiger charge is 2.35. The van der Waals surface area contributed by atoms with E-state index in [1.54, 1.807) is 7.11 Å². The average molecular weight is 529 g/mol. The summed E-state index contributed by atoms with van der Waals surface area (Å²) < 4.78 is 11.1. The van der Waals surface area contributed by atoms with E-state index in [0.29, 0.717) is 18.2 Å². The summed E-state index contributed by atoms with van der Waals surface area (Å²) in [6, 6.07) is 13.6. The van der Waals surface area contributed by atoms with Crippen molar-refractivity contribution in [3.8, 4) is 16.9 Å². The maximum absolute atomic E-state index is 13.5. The van der Waals surface area contributed by atoms with E-state index in [4.69, 9.17) is 9.47 Å². The molecule has 1 atom stereocenters. The van der Waals surface area contributed by atoms with Crippen LogP contribution in [0.15, 0.2) is 48.0 Å². The maximum atomic E-state index is 13.5. The first kappa shape index (κ1) is 27.7. The molecule has 2 aromatic rings. The Balaban J connectivity index is 1.47. The minimum atomic E-state index is 0.158. The number of Topliss-reactive ketones (excluding diaryl/α,β-unsaturated/α-hetero) is 1. The van der Waals surface area contributed by atoms with E-state index < -0.39 is 0 Å². The van der Waals surface area contributed by atoms with Crippen molar-refractivity contribution in [1.29, 1.82) is 0 Å². The number of hydrogen-bond donors (Lipinski definition) is 1. The Kier molecular flexibility index (Phi) is 8.58. The van der Waals surface area contributed by atoms with Crippen molar-refractivity contribution in [2.45, 2.75) is 77.0 Å². The molecular weight excluding hydrogens is 484 g/mol. The van der Waals surface area contributed by atoms with Gasteiger partial charge in [0.15, 0.2) is 5.78 Å². The molecule has 5 rings (SSSR count). The zero-order chi connectivity index (χ0) is 27.5. The third-order valence-electron chi connectivity index (χ3n) is 8.84. The van der Waals surface area contributed by atoms with Crippen LogP contribution in [0.5, 0.6) is 5.75 Å². The van der Waals surface area contributed by atoms with Crippen molar-refractivity contribution in [2.24, 2.45) is 5.92 Å². The lowest BCUT2D eigenvalue weighted by atomic mass is 9.89. The number of likely N-dealkylation sites (tertiary alicyclic amines) is 1. The smallest absolute Gasteiger partial charge is 0.167 e. The predicted molar refractivity (Wildman–Crippen MR) is 159 cm³/mol. The van der Waals surface area contributed by atoms with Crippen LogP contribution in [0.2, 0.25) is 0 Å². The zero-order valence-electron chi connectivity index (χ0n) is 24.1. The Morgan fingerprint density at radius 2 is 1.77 bits per heavy atom. The number of ether oxygens (including phenoxy) is 2. The summed E-state index contributed by atoms with van der Waals surface area (Å²) in [6.45, 7) is 10.7. The third-order valence-corrected chi connectivity index (χ3v) is 8.84. The van der Waals surface area contributed by atoms with Gasteiger partial charge in [-0.2, -0.15) is 0 Å². The van der Waals surface area contributed by atoms with Crippen LogP contribution >= 0.6 is 0 Å². The van der Waals surface area contributed by atoms with Crippen LogP contribution in [0, 0.1) is 12.8 Å². The lowest BCUT2D eigenvalue weighted by Gasteiger charge is -2.36. The first-order chi connectivity index (χ1) is 18.9. The van der Waals surface area contributed by atoms with Crippen molar-refractivity contribution in [1.82, 2.24) is 10.2 Å². The van der Waals surface area contributed by atoms with Gasteiger partial charge in [0.1, 0.15) is 5.75 Å². The molecule has 5 heteroatoms. The Hall–Kier alpha value is -2.89. The molecule has 0 aromatic heterocycles. The van der Waals surface area contributed by atoms with Gasteiger partial charge in [0.05, 0.1) is 18.9 Å². The summed E-state index contributed by atoms with van der Waals surface area (Å²) in [7, 11) is 3.53.